The van der Waals surface area contributed by atoms with Crippen LogP contribution in [0.15, 0.2) is 47.5 Å². The number of fused-ring (bicyclic) bond motifs is 1. The summed E-state index contributed by atoms with van der Waals surface area (Å²) in [6.45, 7) is 0.633. The van der Waals surface area contributed by atoms with Crippen LogP contribution in [0.25, 0.3) is 0 Å². The smallest absolute Gasteiger partial charge is 0.189 e. The van der Waals surface area contributed by atoms with E-state index in [2.05, 4.69) is 10.3 Å². The molecule has 1 unspecified atom stereocenters. The van der Waals surface area contributed by atoms with Gasteiger partial charge in [-0.3, -0.25) is 0 Å². The number of aliphatic imine (C=N–C) groups is 1. The lowest BCUT2D eigenvalue weighted by Crippen LogP contribution is -2.35. The molecule has 1 fully saturated rings. The van der Waals surface area contributed by atoms with Gasteiger partial charge in [0.25, 0.3) is 0 Å². The van der Waals surface area contributed by atoms with Crippen molar-refractivity contribution in [3.8, 4) is 5.75 Å². The molecule has 4 rings (SSSR count). The summed E-state index contributed by atoms with van der Waals surface area (Å²) >= 11 is 5.74. The Morgan fingerprint density at radius 1 is 1.28 bits per heavy atom. The molecule has 1 heterocycles. The van der Waals surface area contributed by atoms with E-state index in [0.29, 0.717) is 12.6 Å². The van der Waals surface area contributed by atoms with Crippen LogP contribution in [0, 0.1) is 5.82 Å². The molecule has 3 N–H and O–H groups in total. The fourth-order valence-corrected chi connectivity index (χ4v) is 3.44. The summed E-state index contributed by atoms with van der Waals surface area (Å²) in [6.07, 6.45) is 1.71. The van der Waals surface area contributed by atoms with Gasteiger partial charge < -0.3 is 15.8 Å². The molecule has 1 aliphatic heterocycles. The summed E-state index contributed by atoms with van der Waals surface area (Å²) in [4.78, 5) is 4.63. The van der Waals surface area contributed by atoms with Crippen LogP contribution >= 0.6 is 11.6 Å². The predicted octanol–water partition coefficient (Wildman–Crippen LogP) is 3.76. The molecular formula is C19H19ClFN3O. The Morgan fingerprint density at radius 2 is 2.12 bits per heavy atom. The summed E-state index contributed by atoms with van der Waals surface area (Å²) in [7, 11) is 0. The molecule has 0 radical (unpaired) electrons. The first-order valence-corrected chi connectivity index (χ1v) is 8.76. The Morgan fingerprint density at radius 3 is 2.96 bits per heavy atom. The lowest BCUT2D eigenvalue weighted by Gasteiger charge is -2.23. The minimum atomic E-state index is -0.384. The van der Waals surface area contributed by atoms with E-state index in [1.807, 2.05) is 30.3 Å². The van der Waals surface area contributed by atoms with Gasteiger partial charge >= 0.3 is 0 Å². The zero-order valence-corrected chi connectivity index (χ0v) is 14.3. The van der Waals surface area contributed by atoms with E-state index in [4.69, 9.17) is 22.1 Å². The molecule has 0 spiro atoms. The van der Waals surface area contributed by atoms with Crippen LogP contribution in [-0.4, -0.2) is 18.6 Å². The summed E-state index contributed by atoms with van der Waals surface area (Å²) in [5.41, 5.74) is 8.09. The third kappa shape index (κ3) is 3.42. The average Bonchev–Trinajstić information content (AvgIpc) is 3.36. The van der Waals surface area contributed by atoms with Crippen LogP contribution in [0.5, 0.6) is 5.75 Å². The molecular weight excluding hydrogens is 341 g/mol. The zero-order chi connectivity index (χ0) is 17.4. The van der Waals surface area contributed by atoms with Crippen molar-refractivity contribution in [3.63, 3.8) is 0 Å². The summed E-state index contributed by atoms with van der Waals surface area (Å²) in [5.74, 6) is 1.15. The lowest BCUT2D eigenvalue weighted by atomic mass is 10.0. The SMILES string of the molecule is NC(=NC1CCOc2ccccc21)N[C@@H]1C[C@H]1c1ccc(Cl)c(F)c1. The highest BCUT2D eigenvalue weighted by Gasteiger charge is 2.39. The van der Waals surface area contributed by atoms with Gasteiger partial charge in [0.2, 0.25) is 0 Å². The standard InChI is InChI=1S/C19H19ClFN3O/c20-14-6-5-11(9-15(14)21)13-10-17(13)24-19(22)23-16-7-8-25-18-4-2-1-3-12(16)18/h1-6,9,13,16-17H,7-8,10H2,(H3,22,23,24)/t13-,16?,17+/m0/s1. The van der Waals surface area contributed by atoms with Crippen LogP contribution in [0.4, 0.5) is 4.39 Å². The van der Waals surface area contributed by atoms with Crippen LogP contribution < -0.4 is 15.8 Å². The van der Waals surface area contributed by atoms with Crippen LogP contribution in [0.2, 0.25) is 5.02 Å². The first-order valence-electron chi connectivity index (χ1n) is 8.38. The van der Waals surface area contributed by atoms with Crippen molar-refractivity contribution in [1.82, 2.24) is 5.32 Å². The maximum absolute atomic E-state index is 13.6. The third-order valence-corrected chi connectivity index (χ3v) is 5.02. The normalized spacial score (nSPS) is 25.0. The summed E-state index contributed by atoms with van der Waals surface area (Å²) in [6, 6.07) is 13.0. The molecule has 0 bridgehead atoms. The third-order valence-electron chi connectivity index (χ3n) is 4.72. The Labute approximate surface area is 150 Å². The van der Waals surface area contributed by atoms with Gasteiger partial charge in [-0.2, -0.15) is 0 Å². The number of guanidine groups is 1. The van der Waals surface area contributed by atoms with Crippen molar-refractivity contribution in [2.24, 2.45) is 10.7 Å². The summed E-state index contributed by atoms with van der Waals surface area (Å²) in [5, 5.41) is 3.39. The molecule has 4 nitrogen and oxygen atoms in total. The molecule has 0 aromatic heterocycles. The number of hydrogen-bond acceptors (Lipinski definition) is 2. The second-order valence-electron chi connectivity index (χ2n) is 6.47. The first kappa shape index (κ1) is 16.2. The highest BCUT2D eigenvalue weighted by Crippen LogP contribution is 2.41. The minimum absolute atomic E-state index is 0.00243. The number of ether oxygens (including phenoxy) is 1. The highest BCUT2D eigenvalue weighted by atomic mass is 35.5. The average molecular weight is 360 g/mol. The van der Waals surface area contributed by atoms with E-state index in [1.54, 1.807) is 6.07 Å². The van der Waals surface area contributed by atoms with Gasteiger partial charge in [0.1, 0.15) is 11.6 Å². The molecule has 0 saturated heterocycles. The van der Waals surface area contributed by atoms with E-state index in [0.717, 1.165) is 29.7 Å². The summed E-state index contributed by atoms with van der Waals surface area (Å²) < 4.78 is 19.2. The maximum Gasteiger partial charge on any atom is 0.189 e. The van der Waals surface area contributed by atoms with Crippen molar-refractivity contribution < 1.29 is 9.13 Å². The van der Waals surface area contributed by atoms with E-state index in [9.17, 15) is 4.39 Å². The first-order chi connectivity index (χ1) is 12.1. The van der Waals surface area contributed by atoms with Crippen LogP contribution in [-0.2, 0) is 0 Å². The monoisotopic (exact) mass is 359 g/mol. The van der Waals surface area contributed by atoms with Crippen molar-refractivity contribution in [3.05, 3.63) is 64.4 Å². The number of benzene rings is 2. The lowest BCUT2D eigenvalue weighted by molar-refractivity contribution is 0.269. The Kier molecular flexibility index (Phi) is 4.25. The molecule has 25 heavy (non-hydrogen) atoms. The highest BCUT2D eigenvalue weighted by molar-refractivity contribution is 6.30. The maximum atomic E-state index is 13.6. The van der Waals surface area contributed by atoms with E-state index < -0.39 is 0 Å². The van der Waals surface area contributed by atoms with E-state index >= 15 is 0 Å². The van der Waals surface area contributed by atoms with Gasteiger partial charge in [0, 0.05) is 23.9 Å². The number of nitrogens with two attached hydrogens (primary N) is 1. The Bertz CT molecular complexity index is 826. The van der Waals surface area contributed by atoms with Crippen molar-refractivity contribution in [2.45, 2.75) is 30.8 Å². The molecule has 6 heteroatoms. The van der Waals surface area contributed by atoms with Gasteiger partial charge in [-0.1, -0.05) is 35.9 Å². The largest absolute Gasteiger partial charge is 0.493 e. The molecule has 3 atom stereocenters. The second kappa shape index (κ2) is 6.56. The number of hydrogen-bond donors (Lipinski definition) is 2. The number of halogens is 2. The Hall–Kier alpha value is -2.27. The van der Waals surface area contributed by atoms with Gasteiger partial charge in [-0.05, 0) is 30.2 Å². The van der Waals surface area contributed by atoms with Gasteiger partial charge in [0.15, 0.2) is 5.96 Å². The van der Waals surface area contributed by atoms with Crippen molar-refractivity contribution in [2.75, 3.05) is 6.61 Å². The molecule has 0 amide bonds. The Balaban J connectivity index is 1.42. The van der Waals surface area contributed by atoms with E-state index in [-0.39, 0.29) is 28.8 Å². The molecule has 2 aromatic carbocycles. The van der Waals surface area contributed by atoms with E-state index in [1.165, 1.54) is 6.07 Å². The van der Waals surface area contributed by atoms with Gasteiger partial charge in [-0.15, -0.1) is 0 Å². The van der Waals surface area contributed by atoms with Crippen molar-refractivity contribution >= 4 is 17.6 Å². The number of para-hydroxylation sites is 1. The second-order valence-corrected chi connectivity index (χ2v) is 6.88. The van der Waals surface area contributed by atoms with Gasteiger partial charge in [-0.25, -0.2) is 9.38 Å². The van der Waals surface area contributed by atoms with Crippen LogP contribution in [0.1, 0.15) is 35.9 Å². The molecule has 130 valence electrons. The fraction of sp³-hybridized carbons (Fsp3) is 0.316. The fourth-order valence-electron chi connectivity index (χ4n) is 3.32. The van der Waals surface area contributed by atoms with Crippen molar-refractivity contribution in [1.29, 1.82) is 0 Å². The predicted molar refractivity (Wildman–Crippen MR) is 96.6 cm³/mol. The zero-order valence-electron chi connectivity index (χ0n) is 13.6. The number of nitrogens with zero attached hydrogens (tertiary/aromatic N) is 1. The molecule has 2 aliphatic rings. The molecule has 2 aromatic rings. The van der Waals surface area contributed by atoms with Crippen LogP contribution in [0.3, 0.4) is 0 Å². The quantitative estimate of drug-likeness (QED) is 0.648. The molecule has 1 saturated carbocycles. The molecule has 1 aliphatic carbocycles. The number of nitrogens with one attached hydrogen (secondary N) is 1. The topological polar surface area (TPSA) is 59.6 Å². The number of rotatable bonds is 3. The van der Waals surface area contributed by atoms with Gasteiger partial charge in [0.05, 0.1) is 17.7 Å². The minimum Gasteiger partial charge on any atom is -0.493 e.